The third-order valence-electron chi connectivity index (χ3n) is 1.88. The Balaban J connectivity index is 1.76. The molecule has 1 atom stereocenters. The number of nitrogens with one attached hydrogen (secondary N) is 2. The second-order valence-electron chi connectivity index (χ2n) is 2.99. The van der Waals surface area contributed by atoms with Crippen molar-refractivity contribution in [2.75, 3.05) is 34.9 Å². The summed E-state index contributed by atoms with van der Waals surface area (Å²) >= 11 is 4.02. The number of hydrogen-bond acceptors (Lipinski definition) is 6. The lowest BCUT2D eigenvalue weighted by atomic mass is 10.5. The number of nitrogens with two attached hydrogens (primary N) is 1. The fraction of sp³-hybridized carbons (Fsp3) is 0.714. The van der Waals surface area contributed by atoms with Crippen molar-refractivity contribution in [2.24, 2.45) is 0 Å². The van der Waals surface area contributed by atoms with Crippen molar-refractivity contribution in [1.29, 1.82) is 0 Å². The largest absolute Gasteiger partial charge is 0.368 e. The molecule has 0 radical (unpaired) electrons. The van der Waals surface area contributed by atoms with Gasteiger partial charge in [-0.25, -0.2) is 5.10 Å². The van der Waals surface area contributed by atoms with Gasteiger partial charge in [-0.15, -0.1) is 5.10 Å². The zero-order valence-corrected chi connectivity index (χ0v) is 9.33. The van der Waals surface area contributed by atoms with Crippen LogP contribution in [-0.4, -0.2) is 44.2 Å². The fourth-order valence-electron chi connectivity index (χ4n) is 1.21. The molecule has 2 rings (SSSR count). The normalized spacial score (nSPS) is 22.1. The van der Waals surface area contributed by atoms with Crippen molar-refractivity contribution >= 4 is 35.4 Å². The van der Waals surface area contributed by atoms with Crippen LogP contribution in [0.1, 0.15) is 0 Å². The first-order chi connectivity index (χ1) is 6.84. The van der Waals surface area contributed by atoms with Crippen LogP contribution in [0.2, 0.25) is 0 Å². The summed E-state index contributed by atoms with van der Waals surface area (Å²) in [7, 11) is 0. The number of aromatic nitrogens is 3. The SMILES string of the molecule is Nc1nc(NCC2CSCCS2)n[nH]1. The molecule has 0 amide bonds. The first kappa shape index (κ1) is 9.97. The monoisotopic (exact) mass is 231 g/mol. The molecule has 1 aliphatic rings. The number of H-pyrrole nitrogens is 1. The zero-order valence-electron chi connectivity index (χ0n) is 7.69. The topological polar surface area (TPSA) is 79.6 Å². The molecule has 1 aliphatic heterocycles. The van der Waals surface area contributed by atoms with Gasteiger partial charge in [-0.05, 0) is 0 Å². The average Bonchev–Trinajstić information content (AvgIpc) is 2.63. The average molecular weight is 231 g/mol. The van der Waals surface area contributed by atoms with E-state index in [2.05, 4.69) is 20.5 Å². The quantitative estimate of drug-likeness (QED) is 0.709. The Morgan fingerprint density at radius 2 is 2.50 bits per heavy atom. The Morgan fingerprint density at radius 1 is 1.57 bits per heavy atom. The van der Waals surface area contributed by atoms with Gasteiger partial charge in [0.2, 0.25) is 11.9 Å². The van der Waals surface area contributed by atoms with Crippen molar-refractivity contribution in [3.8, 4) is 0 Å². The van der Waals surface area contributed by atoms with Crippen molar-refractivity contribution < 1.29 is 0 Å². The Kier molecular flexibility index (Phi) is 3.41. The van der Waals surface area contributed by atoms with Gasteiger partial charge in [-0.3, -0.25) is 0 Å². The molecule has 2 heterocycles. The van der Waals surface area contributed by atoms with Crippen LogP contribution in [-0.2, 0) is 0 Å². The predicted octanol–water partition coefficient (Wildman–Crippen LogP) is 0.647. The van der Waals surface area contributed by atoms with Crippen molar-refractivity contribution in [3.05, 3.63) is 0 Å². The molecule has 1 aromatic rings. The van der Waals surface area contributed by atoms with Gasteiger partial charge >= 0.3 is 0 Å². The predicted molar refractivity (Wildman–Crippen MR) is 62.9 cm³/mol. The highest BCUT2D eigenvalue weighted by atomic mass is 32.2. The maximum absolute atomic E-state index is 5.41. The van der Waals surface area contributed by atoms with Crippen LogP contribution in [0.3, 0.4) is 0 Å². The summed E-state index contributed by atoms with van der Waals surface area (Å²) in [4.78, 5) is 3.98. The van der Waals surface area contributed by atoms with Gasteiger partial charge in [0.1, 0.15) is 0 Å². The standard InChI is InChI=1S/C7H13N5S2/c8-6-10-7(12-11-6)9-3-5-4-13-1-2-14-5/h5H,1-4H2,(H4,8,9,10,11,12). The van der Waals surface area contributed by atoms with Gasteiger partial charge < -0.3 is 11.1 Å². The summed E-state index contributed by atoms with van der Waals surface area (Å²) in [5.41, 5.74) is 5.41. The van der Waals surface area contributed by atoms with E-state index in [0.29, 0.717) is 17.1 Å². The third-order valence-corrected chi connectivity index (χ3v) is 4.72. The molecule has 1 aromatic heterocycles. The number of nitrogens with zero attached hydrogens (tertiary/aromatic N) is 2. The lowest BCUT2D eigenvalue weighted by molar-refractivity contribution is 0.974. The highest BCUT2D eigenvalue weighted by Crippen LogP contribution is 2.23. The molecule has 5 nitrogen and oxygen atoms in total. The molecule has 0 aromatic carbocycles. The maximum Gasteiger partial charge on any atom is 0.243 e. The molecule has 0 saturated carbocycles. The van der Waals surface area contributed by atoms with E-state index in [1.807, 2.05) is 23.5 Å². The lowest BCUT2D eigenvalue weighted by Gasteiger charge is -2.20. The minimum Gasteiger partial charge on any atom is -0.368 e. The Bertz CT molecular complexity index is 283. The minimum absolute atomic E-state index is 0.359. The number of nitrogen functional groups attached to an aromatic ring is 1. The first-order valence-electron chi connectivity index (χ1n) is 4.45. The summed E-state index contributed by atoms with van der Waals surface area (Å²) in [6.45, 7) is 0.912. The summed E-state index contributed by atoms with van der Waals surface area (Å²) in [5, 5.41) is 10.3. The van der Waals surface area contributed by atoms with Gasteiger partial charge in [0, 0.05) is 29.1 Å². The van der Waals surface area contributed by atoms with E-state index in [0.717, 1.165) is 6.54 Å². The molecule has 14 heavy (non-hydrogen) atoms. The zero-order chi connectivity index (χ0) is 9.80. The number of thioether (sulfide) groups is 2. The molecule has 0 bridgehead atoms. The van der Waals surface area contributed by atoms with Gasteiger partial charge in [-0.2, -0.15) is 28.5 Å². The van der Waals surface area contributed by atoms with E-state index in [1.165, 1.54) is 17.3 Å². The molecule has 78 valence electrons. The molecule has 1 saturated heterocycles. The smallest absolute Gasteiger partial charge is 0.243 e. The molecule has 7 heteroatoms. The van der Waals surface area contributed by atoms with E-state index >= 15 is 0 Å². The van der Waals surface area contributed by atoms with Gasteiger partial charge in [0.25, 0.3) is 0 Å². The van der Waals surface area contributed by atoms with Gasteiger partial charge in [0.05, 0.1) is 0 Å². The molecule has 0 aliphatic carbocycles. The summed E-state index contributed by atoms with van der Waals surface area (Å²) < 4.78 is 0. The molecule has 0 spiro atoms. The summed E-state index contributed by atoms with van der Waals surface area (Å²) in [5.74, 6) is 4.68. The van der Waals surface area contributed by atoms with Crippen molar-refractivity contribution in [2.45, 2.75) is 5.25 Å². The Morgan fingerprint density at radius 3 is 3.14 bits per heavy atom. The third kappa shape index (κ3) is 2.71. The number of rotatable bonds is 3. The molecule has 4 N–H and O–H groups in total. The van der Waals surface area contributed by atoms with Crippen molar-refractivity contribution in [3.63, 3.8) is 0 Å². The van der Waals surface area contributed by atoms with Crippen LogP contribution in [0.4, 0.5) is 11.9 Å². The molecule has 1 unspecified atom stereocenters. The molecular formula is C7H13N5S2. The Hall–Kier alpha value is -0.560. The van der Waals surface area contributed by atoms with E-state index in [-0.39, 0.29) is 0 Å². The summed E-state index contributed by atoms with van der Waals surface area (Å²) in [6.07, 6.45) is 0. The van der Waals surface area contributed by atoms with E-state index in [9.17, 15) is 0 Å². The molecular weight excluding hydrogens is 218 g/mol. The van der Waals surface area contributed by atoms with E-state index in [4.69, 9.17) is 5.73 Å². The second kappa shape index (κ2) is 4.79. The van der Waals surface area contributed by atoms with E-state index < -0.39 is 0 Å². The number of aromatic amines is 1. The summed E-state index contributed by atoms with van der Waals surface area (Å²) in [6, 6.07) is 0. The van der Waals surface area contributed by atoms with Gasteiger partial charge in [0.15, 0.2) is 0 Å². The van der Waals surface area contributed by atoms with Crippen LogP contribution in [0.25, 0.3) is 0 Å². The van der Waals surface area contributed by atoms with Crippen molar-refractivity contribution in [1.82, 2.24) is 15.2 Å². The van der Waals surface area contributed by atoms with Crippen LogP contribution < -0.4 is 11.1 Å². The molecule has 1 fully saturated rings. The number of anilines is 2. The van der Waals surface area contributed by atoms with Gasteiger partial charge in [-0.1, -0.05) is 0 Å². The second-order valence-corrected chi connectivity index (χ2v) is 5.55. The maximum atomic E-state index is 5.41. The van der Waals surface area contributed by atoms with Crippen LogP contribution in [0.15, 0.2) is 0 Å². The van der Waals surface area contributed by atoms with Crippen LogP contribution >= 0.6 is 23.5 Å². The highest BCUT2D eigenvalue weighted by molar-refractivity contribution is 8.06. The fourth-order valence-corrected chi connectivity index (χ4v) is 3.82. The van der Waals surface area contributed by atoms with Crippen LogP contribution in [0.5, 0.6) is 0 Å². The lowest BCUT2D eigenvalue weighted by Crippen LogP contribution is -2.23. The highest BCUT2D eigenvalue weighted by Gasteiger charge is 2.14. The minimum atomic E-state index is 0.359. The number of hydrogen-bond donors (Lipinski definition) is 3. The first-order valence-corrected chi connectivity index (χ1v) is 6.66. The Labute approximate surface area is 91.0 Å². The van der Waals surface area contributed by atoms with Crippen LogP contribution in [0, 0.1) is 0 Å². The van der Waals surface area contributed by atoms with E-state index in [1.54, 1.807) is 0 Å².